The molecule has 0 bridgehead atoms. The van der Waals surface area contributed by atoms with Crippen LogP contribution in [0.2, 0.25) is 0 Å². The van der Waals surface area contributed by atoms with Gasteiger partial charge in [0.25, 0.3) is 5.91 Å². The first kappa shape index (κ1) is 17.0. The van der Waals surface area contributed by atoms with Gasteiger partial charge in [0.1, 0.15) is 5.56 Å². The average molecular weight is 334 g/mol. The van der Waals surface area contributed by atoms with Crippen LogP contribution in [0.5, 0.6) is 11.8 Å². The van der Waals surface area contributed by atoms with E-state index in [-0.39, 0.29) is 17.2 Å². The van der Waals surface area contributed by atoms with Gasteiger partial charge in [-0.05, 0) is 38.2 Å². The average Bonchev–Trinajstić information content (AvgIpc) is 2.65. The molecule has 0 aromatic carbocycles. The second kappa shape index (κ2) is 6.24. The molecule has 6 heteroatoms. The van der Waals surface area contributed by atoms with Gasteiger partial charge >= 0.3 is 0 Å². The summed E-state index contributed by atoms with van der Waals surface area (Å²) in [6, 6.07) is 3.37. The summed E-state index contributed by atoms with van der Waals surface area (Å²) in [5.41, 5.74) is -0.0870. The molecular formula is C18H26N2O4. The molecule has 1 saturated heterocycles. The van der Waals surface area contributed by atoms with Gasteiger partial charge in [-0.1, -0.05) is 6.92 Å². The summed E-state index contributed by atoms with van der Waals surface area (Å²) in [5, 5.41) is 10.7. The first-order chi connectivity index (χ1) is 11.5. The van der Waals surface area contributed by atoms with Crippen molar-refractivity contribution in [3.63, 3.8) is 0 Å². The summed E-state index contributed by atoms with van der Waals surface area (Å²) in [5.74, 6) is 0.632. The van der Waals surface area contributed by atoms with Gasteiger partial charge in [-0.2, -0.15) is 4.98 Å². The third kappa shape index (κ3) is 2.53. The SMILES string of the molecule is CCC1(O)CCC12CCN(C(=O)c1ccc(OC)nc1OC)CC2. The van der Waals surface area contributed by atoms with Crippen LogP contribution in [0.4, 0.5) is 0 Å². The first-order valence-corrected chi connectivity index (χ1v) is 8.59. The minimum atomic E-state index is -0.540. The minimum Gasteiger partial charge on any atom is -0.481 e. The molecule has 1 unspecified atom stereocenters. The molecule has 1 saturated carbocycles. The number of ether oxygens (including phenoxy) is 2. The largest absolute Gasteiger partial charge is 0.481 e. The fraction of sp³-hybridized carbons (Fsp3) is 0.667. The highest BCUT2D eigenvalue weighted by Crippen LogP contribution is 2.57. The molecular weight excluding hydrogens is 308 g/mol. The molecule has 1 spiro atoms. The Kier molecular flexibility index (Phi) is 4.42. The standard InChI is InChI=1S/C18H26N2O4/c1-4-18(22)8-7-17(18)9-11-20(12-10-17)16(21)13-5-6-14(23-2)19-15(13)24-3/h5-6,22H,4,7-12H2,1-3H3. The van der Waals surface area contributed by atoms with E-state index in [1.54, 1.807) is 12.1 Å². The Balaban J connectivity index is 1.72. The number of carbonyl (C=O) groups excluding carboxylic acids is 1. The highest BCUT2D eigenvalue weighted by atomic mass is 16.5. The molecule has 6 nitrogen and oxygen atoms in total. The summed E-state index contributed by atoms with van der Waals surface area (Å²) in [6.45, 7) is 3.37. The van der Waals surface area contributed by atoms with Crippen LogP contribution in [0, 0.1) is 5.41 Å². The van der Waals surface area contributed by atoms with E-state index in [4.69, 9.17) is 9.47 Å². The topological polar surface area (TPSA) is 71.9 Å². The maximum absolute atomic E-state index is 12.8. The van der Waals surface area contributed by atoms with Crippen molar-refractivity contribution in [1.82, 2.24) is 9.88 Å². The number of hydrogen-bond donors (Lipinski definition) is 1. The molecule has 2 aliphatic rings. The van der Waals surface area contributed by atoms with E-state index < -0.39 is 5.60 Å². The lowest BCUT2D eigenvalue weighted by Crippen LogP contribution is -2.61. The number of methoxy groups -OCH3 is 2. The molecule has 0 radical (unpaired) electrons. The fourth-order valence-electron chi connectivity index (χ4n) is 4.20. The van der Waals surface area contributed by atoms with Crippen LogP contribution >= 0.6 is 0 Å². The lowest BCUT2D eigenvalue weighted by Gasteiger charge is -2.59. The molecule has 2 heterocycles. The number of likely N-dealkylation sites (tertiary alicyclic amines) is 1. The third-order valence-corrected chi connectivity index (χ3v) is 6.06. The summed E-state index contributed by atoms with van der Waals surface area (Å²) < 4.78 is 10.3. The van der Waals surface area contributed by atoms with Crippen molar-refractivity contribution in [2.24, 2.45) is 5.41 Å². The van der Waals surface area contributed by atoms with Crippen molar-refractivity contribution in [2.45, 2.75) is 44.6 Å². The van der Waals surface area contributed by atoms with E-state index in [0.717, 1.165) is 32.1 Å². The number of aromatic nitrogens is 1. The van der Waals surface area contributed by atoms with Gasteiger partial charge < -0.3 is 19.5 Å². The van der Waals surface area contributed by atoms with Crippen LogP contribution in [0.25, 0.3) is 0 Å². The van der Waals surface area contributed by atoms with Gasteiger partial charge in [-0.15, -0.1) is 0 Å². The fourth-order valence-corrected chi connectivity index (χ4v) is 4.20. The van der Waals surface area contributed by atoms with Crippen molar-refractivity contribution < 1.29 is 19.4 Å². The number of amides is 1. The molecule has 1 aliphatic carbocycles. The maximum Gasteiger partial charge on any atom is 0.259 e. The van der Waals surface area contributed by atoms with E-state index in [0.29, 0.717) is 24.5 Å². The van der Waals surface area contributed by atoms with Crippen molar-refractivity contribution in [1.29, 1.82) is 0 Å². The summed E-state index contributed by atoms with van der Waals surface area (Å²) in [4.78, 5) is 18.9. The number of aliphatic hydroxyl groups is 1. The second-order valence-electron chi connectivity index (χ2n) is 6.87. The Bertz CT molecular complexity index is 621. The zero-order chi connectivity index (χ0) is 17.4. The third-order valence-electron chi connectivity index (χ3n) is 6.06. The van der Waals surface area contributed by atoms with E-state index in [1.807, 2.05) is 11.8 Å². The van der Waals surface area contributed by atoms with Crippen LogP contribution < -0.4 is 9.47 Å². The van der Waals surface area contributed by atoms with Gasteiger partial charge in [0.2, 0.25) is 11.8 Å². The molecule has 132 valence electrons. The van der Waals surface area contributed by atoms with E-state index in [2.05, 4.69) is 4.98 Å². The van der Waals surface area contributed by atoms with E-state index >= 15 is 0 Å². The number of pyridine rings is 1. The van der Waals surface area contributed by atoms with Gasteiger partial charge in [-0.25, -0.2) is 0 Å². The van der Waals surface area contributed by atoms with Crippen LogP contribution in [0.15, 0.2) is 12.1 Å². The molecule has 2 fully saturated rings. The van der Waals surface area contributed by atoms with Gasteiger partial charge in [-0.3, -0.25) is 4.79 Å². The summed E-state index contributed by atoms with van der Waals surface area (Å²) in [7, 11) is 3.03. The Labute approximate surface area is 142 Å². The Morgan fingerprint density at radius 1 is 1.21 bits per heavy atom. The van der Waals surface area contributed by atoms with Crippen molar-refractivity contribution in [3.05, 3.63) is 17.7 Å². The Morgan fingerprint density at radius 2 is 1.92 bits per heavy atom. The van der Waals surface area contributed by atoms with Crippen LogP contribution in [0.1, 0.15) is 49.4 Å². The van der Waals surface area contributed by atoms with Crippen molar-refractivity contribution >= 4 is 5.91 Å². The van der Waals surface area contributed by atoms with Crippen LogP contribution in [-0.2, 0) is 0 Å². The molecule has 1 atom stereocenters. The number of nitrogens with zero attached hydrogens (tertiary/aromatic N) is 2. The minimum absolute atomic E-state index is 0.000768. The molecule has 1 amide bonds. The molecule has 3 rings (SSSR count). The number of carbonyl (C=O) groups is 1. The van der Waals surface area contributed by atoms with Crippen LogP contribution in [0.3, 0.4) is 0 Å². The molecule has 1 aromatic heterocycles. The summed E-state index contributed by atoms with van der Waals surface area (Å²) in [6.07, 6.45) is 4.45. The lowest BCUT2D eigenvalue weighted by molar-refractivity contribution is -0.188. The quantitative estimate of drug-likeness (QED) is 0.914. The van der Waals surface area contributed by atoms with Gasteiger partial charge in [0, 0.05) is 24.6 Å². The smallest absolute Gasteiger partial charge is 0.259 e. The van der Waals surface area contributed by atoms with Crippen molar-refractivity contribution in [2.75, 3.05) is 27.3 Å². The predicted octanol–water partition coefficient (Wildman–Crippen LogP) is 2.26. The van der Waals surface area contributed by atoms with E-state index in [9.17, 15) is 9.90 Å². The normalized spacial score (nSPS) is 25.2. The Morgan fingerprint density at radius 3 is 2.42 bits per heavy atom. The monoisotopic (exact) mass is 334 g/mol. The molecule has 1 aromatic rings. The summed E-state index contributed by atoms with van der Waals surface area (Å²) >= 11 is 0. The maximum atomic E-state index is 12.8. The van der Waals surface area contributed by atoms with Gasteiger partial charge in [0.15, 0.2) is 0 Å². The number of hydrogen-bond acceptors (Lipinski definition) is 5. The molecule has 1 aliphatic heterocycles. The molecule has 24 heavy (non-hydrogen) atoms. The first-order valence-electron chi connectivity index (χ1n) is 8.59. The predicted molar refractivity (Wildman–Crippen MR) is 89.4 cm³/mol. The second-order valence-corrected chi connectivity index (χ2v) is 6.87. The Hall–Kier alpha value is -1.82. The lowest BCUT2D eigenvalue weighted by atomic mass is 9.51. The van der Waals surface area contributed by atoms with Crippen molar-refractivity contribution in [3.8, 4) is 11.8 Å². The highest BCUT2D eigenvalue weighted by molar-refractivity contribution is 5.96. The zero-order valence-electron chi connectivity index (χ0n) is 14.7. The highest BCUT2D eigenvalue weighted by Gasteiger charge is 2.57. The zero-order valence-corrected chi connectivity index (χ0v) is 14.7. The van der Waals surface area contributed by atoms with Gasteiger partial charge in [0.05, 0.1) is 19.8 Å². The van der Waals surface area contributed by atoms with E-state index in [1.165, 1.54) is 14.2 Å². The molecule has 1 N–H and O–H groups in total. The number of piperidine rings is 1. The number of rotatable bonds is 4. The van der Waals surface area contributed by atoms with Crippen LogP contribution in [-0.4, -0.2) is 53.8 Å².